The Morgan fingerprint density at radius 1 is 1.55 bits per heavy atom. The molecule has 0 unspecified atom stereocenters. The summed E-state index contributed by atoms with van der Waals surface area (Å²) in [5.74, 6) is 0. The van der Waals surface area contributed by atoms with E-state index in [0.29, 0.717) is 6.54 Å². The highest BCUT2D eigenvalue weighted by Gasteiger charge is 2.10. The number of nitrogens with zero attached hydrogens (tertiary/aromatic N) is 2. The summed E-state index contributed by atoms with van der Waals surface area (Å²) in [6.45, 7) is 3.41. The van der Waals surface area contributed by atoms with Crippen molar-refractivity contribution in [1.29, 1.82) is 0 Å². The molecule has 2 aromatic heterocycles. The molecule has 7 heteroatoms. The van der Waals surface area contributed by atoms with Crippen LogP contribution in [0, 0.1) is 0 Å². The highest BCUT2D eigenvalue weighted by molar-refractivity contribution is 7.16. The summed E-state index contributed by atoms with van der Waals surface area (Å²) >= 11 is 7.35. The van der Waals surface area contributed by atoms with Crippen LogP contribution in [-0.4, -0.2) is 22.1 Å². The molecular weight excluding hydrogens is 296 g/mol. The average Bonchev–Trinajstić information content (AvgIpc) is 3.06. The molecule has 0 radical (unpaired) electrons. The monoisotopic (exact) mass is 312 g/mol. The first-order valence-corrected chi connectivity index (χ1v) is 7.60. The second-order valence-electron chi connectivity index (χ2n) is 4.42. The zero-order valence-electron chi connectivity index (χ0n) is 11.2. The maximum Gasteiger partial charge on any atom is 0.315 e. The Bertz CT molecular complexity index is 540. The van der Waals surface area contributed by atoms with E-state index < -0.39 is 0 Å². The fourth-order valence-electron chi connectivity index (χ4n) is 1.76. The molecule has 0 saturated carbocycles. The van der Waals surface area contributed by atoms with Gasteiger partial charge in [0.2, 0.25) is 0 Å². The summed E-state index contributed by atoms with van der Waals surface area (Å²) in [4.78, 5) is 16.7. The van der Waals surface area contributed by atoms with Gasteiger partial charge in [0.15, 0.2) is 0 Å². The molecule has 0 spiro atoms. The van der Waals surface area contributed by atoms with Gasteiger partial charge in [0, 0.05) is 30.4 Å². The predicted octanol–water partition coefficient (Wildman–Crippen LogP) is 3.05. The van der Waals surface area contributed by atoms with Gasteiger partial charge in [-0.15, -0.1) is 11.3 Å². The number of thiophene rings is 1. The van der Waals surface area contributed by atoms with E-state index in [4.69, 9.17) is 11.6 Å². The number of imidazole rings is 1. The van der Waals surface area contributed by atoms with Gasteiger partial charge >= 0.3 is 6.03 Å². The van der Waals surface area contributed by atoms with Crippen LogP contribution in [0.2, 0.25) is 4.34 Å². The van der Waals surface area contributed by atoms with Crippen LogP contribution in [-0.2, 0) is 6.54 Å². The minimum atomic E-state index is -0.160. The third-order valence-electron chi connectivity index (χ3n) is 2.81. The number of rotatable bonds is 6. The highest BCUT2D eigenvalue weighted by atomic mass is 35.5. The van der Waals surface area contributed by atoms with E-state index in [9.17, 15) is 4.79 Å². The molecule has 5 nitrogen and oxygen atoms in total. The maximum absolute atomic E-state index is 11.7. The lowest BCUT2D eigenvalue weighted by Gasteiger charge is -2.13. The first kappa shape index (κ1) is 14.9. The van der Waals surface area contributed by atoms with Gasteiger partial charge in [0.1, 0.15) is 0 Å². The number of carbonyl (C=O) groups is 1. The number of hydrogen-bond donors (Lipinski definition) is 2. The van der Waals surface area contributed by atoms with Gasteiger partial charge in [-0.1, -0.05) is 11.6 Å². The Labute approximate surface area is 127 Å². The van der Waals surface area contributed by atoms with E-state index in [1.807, 2.05) is 29.8 Å². The van der Waals surface area contributed by atoms with Crippen molar-refractivity contribution >= 4 is 29.0 Å². The Kier molecular flexibility index (Phi) is 5.43. The Morgan fingerprint density at radius 3 is 3.05 bits per heavy atom. The third-order valence-corrected chi connectivity index (χ3v) is 4.22. The van der Waals surface area contributed by atoms with Crippen LogP contribution in [0.25, 0.3) is 0 Å². The van der Waals surface area contributed by atoms with Gasteiger partial charge in [0.25, 0.3) is 0 Å². The number of amides is 2. The molecule has 0 fully saturated rings. The van der Waals surface area contributed by atoms with Crippen molar-refractivity contribution in [2.45, 2.75) is 25.9 Å². The molecule has 2 rings (SSSR count). The van der Waals surface area contributed by atoms with Gasteiger partial charge in [-0.05, 0) is 25.5 Å². The molecule has 20 heavy (non-hydrogen) atoms. The molecule has 2 amide bonds. The molecule has 108 valence electrons. The second-order valence-corrected chi connectivity index (χ2v) is 6.16. The standard InChI is InChI=1S/C13H17ClN4OS/c1-10(11-3-4-12(14)20-11)17-13(19)16-5-2-7-18-8-6-15-9-18/h3-4,6,8-10H,2,5,7H2,1H3,(H2,16,17,19)/t10-/m1/s1. The van der Waals surface area contributed by atoms with E-state index in [1.54, 1.807) is 12.5 Å². The highest BCUT2D eigenvalue weighted by Crippen LogP contribution is 2.26. The first-order valence-electron chi connectivity index (χ1n) is 6.40. The van der Waals surface area contributed by atoms with Crippen molar-refractivity contribution in [3.8, 4) is 0 Å². The Balaban J connectivity index is 1.65. The zero-order valence-corrected chi connectivity index (χ0v) is 12.7. The summed E-state index contributed by atoms with van der Waals surface area (Å²) in [5, 5.41) is 5.73. The molecule has 2 aromatic rings. The molecule has 0 saturated heterocycles. The normalized spacial score (nSPS) is 12.1. The lowest BCUT2D eigenvalue weighted by Crippen LogP contribution is -2.37. The number of aryl methyl sites for hydroxylation is 1. The van der Waals surface area contributed by atoms with E-state index in [-0.39, 0.29) is 12.1 Å². The van der Waals surface area contributed by atoms with Crippen LogP contribution in [0.5, 0.6) is 0 Å². The van der Waals surface area contributed by atoms with Crippen LogP contribution in [0.4, 0.5) is 4.79 Å². The minimum Gasteiger partial charge on any atom is -0.338 e. The molecule has 1 atom stereocenters. The lowest BCUT2D eigenvalue weighted by atomic mass is 10.3. The number of nitrogens with one attached hydrogen (secondary N) is 2. The van der Waals surface area contributed by atoms with Crippen molar-refractivity contribution < 1.29 is 4.79 Å². The van der Waals surface area contributed by atoms with Crippen molar-refractivity contribution in [3.63, 3.8) is 0 Å². The SMILES string of the molecule is C[C@@H](NC(=O)NCCCn1ccnc1)c1ccc(Cl)s1. The third kappa shape index (κ3) is 4.54. The summed E-state index contributed by atoms with van der Waals surface area (Å²) in [6.07, 6.45) is 6.28. The van der Waals surface area contributed by atoms with Gasteiger partial charge in [-0.2, -0.15) is 0 Å². The number of halogens is 1. The van der Waals surface area contributed by atoms with Gasteiger partial charge in [-0.25, -0.2) is 9.78 Å². The average molecular weight is 313 g/mol. The van der Waals surface area contributed by atoms with Gasteiger partial charge < -0.3 is 15.2 Å². The summed E-state index contributed by atoms with van der Waals surface area (Å²) in [7, 11) is 0. The van der Waals surface area contributed by atoms with Crippen LogP contribution >= 0.6 is 22.9 Å². The number of hydrogen-bond acceptors (Lipinski definition) is 3. The number of urea groups is 1. The number of carbonyl (C=O) groups excluding carboxylic acids is 1. The molecular formula is C13H17ClN4OS. The van der Waals surface area contributed by atoms with Crippen LogP contribution in [0.1, 0.15) is 24.3 Å². The van der Waals surface area contributed by atoms with Crippen molar-refractivity contribution in [1.82, 2.24) is 20.2 Å². The Morgan fingerprint density at radius 2 is 2.40 bits per heavy atom. The largest absolute Gasteiger partial charge is 0.338 e. The molecule has 0 aliphatic carbocycles. The molecule has 2 N–H and O–H groups in total. The van der Waals surface area contributed by atoms with Crippen molar-refractivity contribution in [2.75, 3.05) is 6.54 Å². The van der Waals surface area contributed by atoms with E-state index in [0.717, 1.165) is 22.2 Å². The van der Waals surface area contributed by atoms with Crippen molar-refractivity contribution in [3.05, 3.63) is 40.1 Å². The van der Waals surface area contributed by atoms with Gasteiger partial charge in [0.05, 0.1) is 16.7 Å². The summed E-state index contributed by atoms with van der Waals surface area (Å²) in [6, 6.07) is 3.56. The van der Waals surface area contributed by atoms with E-state index in [2.05, 4.69) is 15.6 Å². The van der Waals surface area contributed by atoms with Crippen LogP contribution in [0.15, 0.2) is 30.9 Å². The summed E-state index contributed by atoms with van der Waals surface area (Å²) in [5.41, 5.74) is 0. The van der Waals surface area contributed by atoms with E-state index >= 15 is 0 Å². The Hall–Kier alpha value is -1.53. The fourth-order valence-corrected chi connectivity index (χ4v) is 2.83. The fraction of sp³-hybridized carbons (Fsp3) is 0.385. The van der Waals surface area contributed by atoms with Gasteiger partial charge in [-0.3, -0.25) is 0 Å². The zero-order chi connectivity index (χ0) is 14.4. The molecule has 0 bridgehead atoms. The predicted molar refractivity (Wildman–Crippen MR) is 81.1 cm³/mol. The van der Waals surface area contributed by atoms with Crippen molar-refractivity contribution in [2.24, 2.45) is 0 Å². The molecule has 0 aliphatic heterocycles. The topological polar surface area (TPSA) is 59.0 Å². The minimum absolute atomic E-state index is 0.0406. The van der Waals surface area contributed by atoms with E-state index in [1.165, 1.54) is 11.3 Å². The quantitative estimate of drug-likeness (QED) is 0.805. The first-order chi connectivity index (χ1) is 9.65. The maximum atomic E-state index is 11.7. The second kappa shape index (κ2) is 7.31. The van der Waals surface area contributed by atoms with Crippen LogP contribution < -0.4 is 10.6 Å². The summed E-state index contributed by atoms with van der Waals surface area (Å²) < 4.78 is 2.71. The molecule has 0 aliphatic rings. The van der Waals surface area contributed by atoms with Crippen LogP contribution in [0.3, 0.4) is 0 Å². The number of aromatic nitrogens is 2. The molecule has 0 aromatic carbocycles. The smallest absolute Gasteiger partial charge is 0.315 e. The lowest BCUT2D eigenvalue weighted by molar-refractivity contribution is 0.238. The molecule has 2 heterocycles.